The Bertz CT molecular complexity index is 362. The highest BCUT2D eigenvalue weighted by Gasteiger charge is 2.18. The Morgan fingerprint density at radius 2 is 1.94 bits per heavy atom. The van der Waals surface area contributed by atoms with E-state index in [-0.39, 0.29) is 0 Å². The van der Waals surface area contributed by atoms with Crippen molar-refractivity contribution in [1.29, 1.82) is 0 Å². The summed E-state index contributed by atoms with van der Waals surface area (Å²) in [6.45, 7) is 5.97. The maximum atomic E-state index is 5.43. The third-order valence-corrected chi connectivity index (χ3v) is 3.34. The highest BCUT2D eigenvalue weighted by atomic mass is 16.5. The summed E-state index contributed by atoms with van der Waals surface area (Å²) in [7, 11) is 3.40. The Labute approximate surface area is 103 Å². The fourth-order valence-corrected chi connectivity index (χ4v) is 2.33. The van der Waals surface area contributed by atoms with Gasteiger partial charge in [-0.2, -0.15) is 0 Å². The number of hydrogen-bond donors (Lipinski definition) is 2. The van der Waals surface area contributed by atoms with E-state index in [4.69, 9.17) is 9.47 Å². The lowest BCUT2D eigenvalue weighted by atomic mass is 10.1. The van der Waals surface area contributed by atoms with Gasteiger partial charge in [0.15, 0.2) is 0 Å². The molecule has 0 amide bonds. The minimum atomic E-state index is 0.854. The maximum absolute atomic E-state index is 5.43. The number of methoxy groups -OCH3 is 2. The van der Waals surface area contributed by atoms with Crippen LogP contribution in [0.5, 0.6) is 11.5 Å². The molecule has 94 valence electrons. The lowest BCUT2D eigenvalue weighted by molar-refractivity contribution is -0.958. The van der Waals surface area contributed by atoms with Crippen molar-refractivity contribution in [3.63, 3.8) is 0 Å². The summed E-state index contributed by atoms with van der Waals surface area (Å²) < 4.78 is 10.6. The fourth-order valence-electron chi connectivity index (χ4n) is 2.33. The topological polar surface area (TPSA) is 39.5 Å². The molecule has 0 aliphatic carbocycles. The average molecular weight is 238 g/mol. The predicted molar refractivity (Wildman–Crippen MR) is 65.6 cm³/mol. The normalized spacial score (nSPS) is 16.8. The van der Waals surface area contributed by atoms with Crippen LogP contribution in [0.4, 0.5) is 0 Å². The van der Waals surface area contributed by atoms with Crippen molar-refractivity contribution in [2.45, 2.75) is 6.54 Å². The van der Waals surface area contributed by atoms with Gasteiger partial charge in [-0.15, -0.1) is 0 Å². The van der Waals surface area contributed by atoms with Crippen molar-refractivity contribution < 1.29 is 19.7 Å². The molecule has 3 N–H and O–H groups in total. The van der Waals surface area contributed by atoms with Crippen LogP contribution in [0.3, 0.4) is 0 Å². The van der Waals surface area contributed by atoms with Gasteiger partial charge in [0.05, 0.1) is 14.2 Å². The van der Waals surface area contributed by atoms with E-state index in [1.807, 2.05) is 12.1 Å². The third kappa shape index (κ3) is 3.11. The highest BCUT2D eigenvalue weighted by Crippen LogP contribution is 2.23. The summed E-state index contributed by atoms with van der Waals surface area (Å²) in [6.07, 6.45) is 0. The van der Waals surface area contributed by atoms with Crippen molar-refractivity contribution in [2.75, 3.05) is 40.4 Å². The standard InChI is InChI=1S/C13H20N2O2/c1-16-12-4-3-11(13(9-12)17-2)10-15-7-5-14-6-8-15/h3-4,9,14H,5-8,10H2,1-2H3/p+2. The van der Waals surface area contributed by atoms with Crippen LogP contribution in [0.1, 0.15) is 5.56 Å². The molecule has 0 bridgehead atoms. The van der Waals surface area contributed by atoms with E-state index in [9.17, 15) is 0 Å². The molecule has 1 aromatic rings. The van der Waals surface area contributed by atoms with E-state index in [1.165, 1.54) is 31.7 Å². The van der Waals surface area contributed by atoms with Gasteiger partial charge in [0.25, 0.3) is 0 Å². The van der Waals surface area contributed by atoms with E-state index in [0.29, 0.717) is 0 Å². The molecule has 0 saturated carbocycles. The quantitative estimate of drug-likeness (QED) is 0.682. The smallest absolute Gasteiger partial charge is 0.131 e. The first-order chi connectivity index (χ1) is 8.33. The number of nitrogens with one attached hydrogen (secondary N) is 1. The second-order valence-electron chi connectivity index (χ2n) is 4.47. The largest absolute Gasteiger partial charge is 0.497 e. The van der Waals surface area contributed by atoms with Crippen LogP contribution in [-0.2, 0) is 6.54 Å². The van der Waals surface area contributed by atoms with E-state index in [0.717, 1.165) is 18.0 Å². The molecule has 2 rings (SSSR count). The zero-order chi connectivity index (χ0) is 12.1. The number of hydrogen-bond acceptors (Lipinski definition) is 2. The molecule has 0 spiro atoms. The Kier molecular flexibility index (Phi) is 4.23. The number of piperazine rings is 1. The average Bonchev–Trinajstić information content (AvgIpc) is 2.40. The van der Waals surface area contributed by atoms with Gasteiger partial charge in [-0.05, 0) is 12.1 Å². The van der Waals surface area contributed by atoms with Gasteiger partial charge >= 0.3 is 0 Å². The van der Waals surface area contributed by atoms with Crippen LogP contribution < -0.4 is 19.7 Å². The summed E-state index contributed by atoms with van der Waals surface area (Å²) in [5, 5.41) is 2.38. The van der Waals surface area contributed by atoms with E-state index in [2.05, 4.69) is 11.4 Å². The van der Waals surface area contributed by atoms with Crippen LogP contribution >= 0.6 is 0 Å². The molecule has 1 aliphatic heterocycles. The summed E-state index contributed by atoms with van der Waals surface area (Å²) in [4.78, 5) is 1.64. The molecular formula is C13H22N2O2+2. The second kappa shape index (κ2) is 5.89. The Morgan fingerprint density at radius 1 is 1.18 bits per heavy atom. The van der Waals surface area contributed by atoms with Gasteiger partial charge in [0, 0.05) is 11.6 Å². The van der Waals surface area contributed by atoms with E-state index in [1.54, 1.807) is 19.1 Å². The molecule has 0 aromatic heterocycles. The minimum absolute atomic E-state index is 0.854. The van der Waals surface area contributed by atoms with Gasteiger partial charge in [0.2, 0.25) is 0 Å². The number of quaternary nitrogens is 2. The van der Waals surface area contributed by atoms with Crippen LogP contribution in [-0.4, -0.2) is 40.4 Å². The van der Waals surface area contributed by atoms with Crippen molar-refractivity contribution in [1.82, 2.24) is 0 Å². The minimum Gasteiger partial charge on any atom is -0.497 e. The molecule has 1 heterocycles. The lowest BCUT2D eigenvalue weighted by Crippen LogP contribution is -3.19. The molecule has 1 aliphatic rings. The summed E-state index contributed by atoms with van der Waals surface area (Å²) >= 11 is 0. The molecule has 0 atom stereocenters. The zero-order valence-electron chi connectivity index (χ0n) is 10.7. The first-order valence-electron chi connectivity index (χ1n) is 6.19. The predicted octanol–water partition coefficient (Wildman–Crippen LogP) is -1.33. The summed E-state index contributed by atoms with van der Waals surface area (Å²) in [5.41, 5.74) is 1.27. The fraction of sp³-hybridized carbons (Fsp3) is 0.538. The van der Waals surface area contributed by atoms with Crippen molar-refractivity contribution in [3.8, 4) is 11.5 Å². The van der Waals surface area contributed by atoms with Crippen LogP contribution in [0.25, 0.3) is 0 Å². The van der Waals surface area contributed by atoms with E-state index < -0.39 is 0 Å². The van der Waals surface area contributed by atoms with Crippen molar-refractivity contribution in [2.24, 2.45) is 0 Å². The molecule has 4 heteroatoms. The first-order valence-corrected chi connectivity index (χ1v) is 6.19. The molecule has 4 nitrogen and oxygen atoms in total. The van der Waals surface area contributed by atoms with Crippen LogP contribution in [0, 0.1) is 0 Å². The van der Waals surface area contributed by atoms with Crippen molar-refractivity contribution in [3.05, 3.63) is 23.8 Å². The highest BCUT2D eigenvalue weighted by molar-refractivity contribution is 5.40. The zero-order valence-corrected chi connectivity index (χ0v) is 10.7. The molecule has 17 heavy (non-hydrogen) atoms. The molecule has 0 unspecified atom stereocenters. The molecule has 1 aromatic carbocycles. The number of nitrogens with two attached hydrogens (primary N) is 1. The monoisotopic (exact) mass is 238 g/mol. The Morgan fingerprint density at radius 3 is 2.59 bits per heavy atom. The van der Waals surface area contributed by atoms with Gasteiger partial charge in [-0.25, -0.2) is 0 Å². The first kappa shape index (κ1) is 12.2. The van der Waals surface area contributed by atoms with Crippen LogP contribution in [0.15, 0.2) is 18.2 Å². The second-order valence-corrected chi connectivity index (χ2v) is 4.47. The third-order valence-electron chi connectivity index (χ3n) is 3.34. The van der Waals surface area contributed by atoms with Gasteiger partial charge < -0.3 is 19.7 Å². The summed E-state index contributed by atoms with van der Waals surface area (Å²) in [5.74, 6) is 1.79. The number of benzene rings is 1. The van der Waals surface area contributed by atoms with Crippen LogP contribution in [0.2, 0.25) is 0 Å². The lowest BCUT2D eigenvalue weighted by Gasteiger charge is -2.23. The van der Waals surface area contributed by atoms with Crippen molar-refractivity contribution >= 4 is 0 Å². The molecule has 0 radical (unpaired) electrons. The Hall–Kier alpha value is -1.26. The Balaban J connectivity index is 2.08. The maximum Gasteiger partial charge on any atom is 0.131 e. The molecular weight excluding hydrogens is 216 g/mol. The van der Waals surface area contributed by atoms with Gasteiger partial charge in [-0.1, -0.05) is 0 Å². The molecule has 1 saturated heterocycles. The summed E-state index contributed by atoms with van der Waals surface area (Å²) in [6, 6.07) is 6.08. The van der Waals surface area contributed by atoms with Gasteiger partial charge in [-0.3, -0.25) is 0 Å². The number of ether oxygens (including phenoxy) is 2. The van der Waals surface area contributed by atoms with Gasteiger partial charge in [0.1, 0.15) is 44.2 Å². The van der Waals surface area contributed by atoms with E-state index >= 15 is 0 Å². The SMILES string of the molecule is COc1ccc(C[NH+]2CC[NH2+]CC2)c(OC)c1. The molecule has 1 fully saturated rings. The number of rotatable bonds is 4.